The summed E-state index contributed by atoms with van der Waals surface area (Å²) < 4.78 is 4.90. The maximum absolute atomic E-state index is 11.5. The highest BCUT2D eigenvalue weighted by Gasteiger charge is 2.20. The summed E-state index contributed by atoms with van der Waals surface area (Å²) in [5.41, 5.74) is -1.07. The highest BCUT2D eigenvalue weighted by atomic mass is 16.5. The number of amides is 1. The first-order chi connectivity index (χ1) is 7.66. The Morgan fingerprint density at radius 3 is 2.35 bits per heavy atom. The van der Waals surface area contributed by atoms with Crippen molar-refractivity contribution in [1.29, 1.82) is 0 Å². The van der Waals surface area contributed by atoms with Crippen molar-refractivity contribution in [2.45, 2.75) is 45.3 Å². The molecule has 0 aromatic carbocycles. The average molecular weight is 246 g/mol. The number of aliphatic hydroxyl groups is 1. The van der Waals surface area contributed by atoms with Gasteiger partial charge in [-0.05, 0) is 27.7 Å². The highest BCUT2D eigenvalue weighted by molar-refractivity contribution is 5.78. The van der Waals surface area contributed by atoms with Gasteiger partial charge in [-0.2, -0.15) is 0 Å². The fourth-order valence-corrected chi connectivity index (χ4v) is 1.32. The molecule has 0 bridgehead atoms. The zero-order valence-electron chi connectivity index (χ0n) is 11.6. The molecule has 0 aromatic rings. The zero-order valence-corrected chi connectivity index (χ0v) is 11.6. The van der Waals surface area contributed by atoms with Crippen LogP contribution in [0.4, 0.5) is 0 Å². The number of ether oxygens (including phenoxy) is 1. The van der Waals surface area contributed by atoms with Gasteiger partial charge in [0.1, 0.15) is 0 Å². The molecule has 0 saturated heterocycles. The molecule has 0 saturated carbocycles. The van der Waals surface area contributed by atoms with E-state index in [1.54, 1.807) is 14.0 Å². The fourth-order valence-electron chi connectivity index (χ4n) is 1.32. The molecule has 1 unspecified atom stereocenters. The second-order valence-electron chi connectivity index (χ2n) is 5.64. The van der Waals surface area contributed by atoms with Crippen molar-refractivity contribution >= 4 is 5.91 Å². The number of rotatable bonds is 7. The van der Waals surface area contributed by atoms with Gasteiger partial charge >= 0.3 is 0 Å². The van der Waals surface area contributed by atoms with Crippen LogP contribution in [0.15, 0.2) is 0 Å². The molecule has 0 rings (SSSR count). The molecule has 0 spiro atoms. The predicted molar refractivity (Wildman–Crippen MR) is 67.9 cm³/mol. The average Bonchev–Trinajstić information content (AvgIpc) is 2.11. The molecule has 0 radical (unpaired) electrons. The normalized spacial score (nSPS) is 15.4. The van der Waals surface area contributed by atoms with Crippen LogP contribution in [0.25, 0.3) is 0 Å². The van der Waals surface area contributed by atoms with Gasteiger partial charge in [-0.1, -0.05) is 0 Å². The molecule has 0 aliphatic carbocycles. The van der Waals surface area contributed by atoms with Gasteiger partial charge in [0.2, 0.25) is 5.91 Å². The molecule has 0 heterocycles. The van der Waals surface area contributed by atoms with E-state index in [2.05, 4.69) is 10.6 Å². The molecule has 0 fully saturated rings. The SMILES string of the molecule is COCCC(C)(O)CNCC(=O)NC(C)(C)C. The first kappa shape index (κ1) is 16.4. The number of methoxy groups -OCH3 is 1. The Morgan fingerprint density at radius 1 is 1.29 bits per heavy atom. The van der Waals surface area contributed by atoms with E-state index >= 15 is 0 Å². The second-order valence-corrected chi connectivity index (χ2v) is 5.64. The molecule has 5 heteroatoms. The van der Waals surface area contributed by atoms with Crippen molar-refractivity contribution in [2.24, 2.45) is 0 Å². The van der Waals surface area contributed by atoms with Crippen LogP contribution >= 0.6 is 0 Å². The number of hydrogen-bond donors (Lipinski definition) is 3. The summed E-state index contributed by atoms with van der Waals surface area (Å²) in [6.45, 7) is 8.59. The van der Waals surface area contributed by atoms with Gasteiger partial charge in [0.05, 0.1) is 12.1 Å². The summed E-state index contributed by atoms with van der Waals surface area (Å²) in [6.07, 6.45) is 0.539. The van der Waals surface area contributed by atoms with Gasteiger partial charge in [-0.25, -0.2) is 0 Å². The maximum atomic E-state index is 11.5. The van der Waals surface area contributed by atoms with Gasteiger partial charge in [0.25, 0.3) is 0 Å². The number of carbonyl (C=O) groups is 1. The summed E-state index contributed by atoms with van der Waals surface area (Å²) >= 11 is 0. The Hall–Kier alpha value is -0.650. The largest absolute Gasteiger partial charge is 0.389 e. The van der Waals surface area contributed by atoms with Crippen LogP contribution in [0.1, 0.15) is 34.1 Å². The minimum absolute atomic E-state index is 0.0694. The Morgan fingerprint density at radius 2 is 1.88 bits per heavy atom. The van der Waals surface area contributed by atoms with Gasteiger partial charge in [0, 0.05) is 32.2 Å². The fraction of sp³-hybridized carbons (Fsp3) is 0.917. The molecular weight excluding hydrogens is 220 g/mol. The Labute approximate surface area is 104 Å². The van der Waals surface area contributed by atoms with E-state index in [9.17, 15) is 9.90 Å². The molecule has 1 amide bonds. The molecule has 0 aliphatic rings. The Kier molecular flexibility index (Phi) is 6.67. The third kappa shape index (κ3) is 10.2. The van der Waals surface area contributed by atoms with E-state index < -0.39 is 5.60 Å². The second kappa shape index (κ2) is 6.93. The van der Waals surface area contributed by atoms with E-state index in [0.29, 0.717) is 19.6 Å². The summed E-state index contributed by atoms with van der Waals surface area (Å²) in [6, 6.07) is 0. The monoisotopic (exact) mass is 246 g/mol. The number of nitrogens with one attached hydrogen (secondary N) is 2. The van der Waals surface area contributed by atoms with Crippen molar-refractivity contribution < 1.29 is 14.6 Å². The number of hydrogen-bond acceptors (Lipinski definition) is 4. The van der Waals surface area contributed by atoms with Crippen molar-refractivity contribution in [3.05, 3.63) is 0 Å². The third-order valence-corrected chi connectivity index (χ3v) is 2.15. The third-order valence-electron chi connectivity index (χ3n) is 2.15. The predicted octanol–water partition coefficient (Wildman–Crippen LogP) is 0.278. The van der Waals surface area contributed by atoms with E-state index in [1.807, 2.05) is 20.8 Å². The minimum Gasteiger partial charge on any atom is -0.389 e. The van der Waals surface area contributed by atoms with Crippen LogP contribution in [0.5, 0.6) is 0 Å². The molecule has 5 nitrogen and oxygen atoms in total. The van der Waals surface area contributed by atoms with Crippen molar-refractivity contribution in [3.8, 4) is 0 Å². The smallest absolute Gasteiger partial charge is 0.234 e. The van der Waals surface area contributed by atoms with Crippen molar-refractivity contribution in [3.63, 3.8) is 0 Å². The van der Waals surface area contributed by atoms with Crippen LogP contribution in [-0.2, 0) is 9.53 Å². The molecular formula is C12H26N2O3. The quantitative estimate of drug-likeness (QED) is 0.603. The summed E-state index contributed by atoms with van der Waals surface area (Å²) in [5, 5.41) is 15.7. The van der Waals surface area contributed by atoms with E-state index in [1.165, 1.54) is 0 Å². The van der Waals surface area contributed by atoms with Crippen molar-refractivity contribution in [2.75, 3.05) is 26.8 Å². The first-order valence-electron chi connectivity index (χ1n) is 5.89. The lowest BCUT2D eigenvalue weighted by molar-refractivity contribution is -0.121. The minimum atomic E-state index is -0.849. The van der Waals surface area contributed by atoms with Crippen LogP contribution in [0.3, 0.4) is 0 Å². The molecule has 1 atom stereocenters. The molecule has 3 N–H and O–H groups in total. The van der Waals surface area contributed by atoms with Crippen LogP contribution < -0.4 is 10.6 Å². The van der Waals surface area contributed by atoms with Gasteiger partial charge in [-0.15, -0.1) is 0 Å². The Balaban J connectivity index is 3.79. The summed E-state index contributed by atoms with van der Waals surface area (Å²) in [4.78, 5) is 11.5. The van der Waals surface area contributed by atoms with E-state index in [-0.39, 0.29) is 18.0 Å². The van der Waals surface area contributed by atoms with E-state index in [0.717, 1.165) is 0 Å². The maximum Gasteiger partial charge on any atom is 0.234 e. The zero-order chi connectivity index (χ0) is 13.5. The Bertz CT molecular complexity index is 234. The molecule has 17 heavy (non-hydrogen) atoms. The van der Waals surface area contributed by atoms with E-state index in [4.69, 9.17) is 4.74 Å². The highest BCUT2D eigenvalue weighted by Crippen LogP contribution is 2.07. The van der Waals surface area contributed by atoms with Gasteiger partial charge < -0.3 is 20.5 Å². The number of carbonyl (C=O) groups excluding carboxylic acids is 1. The van der Waals surface area contributed by atoms with Crippen LogP contribution in [0, 0.1) is 0 Å². The van der Waals surface area contributed by atoms with Crippen molar-refractivity contribution in [1.82, 2.24) is 10.6 Å². The van der Waals surface area contributed by atoms with Gasteiger partial charge in [-0.3, -0.25) is 4.79 Å². The lowest BCUT2D eigenvalue weighted by Crippen LogP contribution is -2.47. The molecule has 0 aliphatic heterocycles. The molecule has 0 aromatic heterocycles. The summed E-state index contributed by atoms with van der Waals surface area (Å²) in [7, 11) is 1.60. The lowest BCUT2D eigenvalue weighted by atomic mass is 10.0. The standard InChI is InChI=1S/C12H26N2O3/c1-11(2,3)14-10(15)8-13-9-12(4,16)6-7-17-5/h13,16H,6-9H2,1-5H3,(H,14,15). The lowest BCUT2D eigenvalue weighted by Gasteiger charge is -2.24. The van der Waals surface area contributed by atoms with Crippen LogP contribution in [0.2, 0.25) is 0 Å². The topological polar surface area (TPSA) is 70.6 Å². The van der Waals surface area contributed by atoms with Gasteiger partial charge in [0.15, 0.2) is 0 Å². The summed E-state index contributed by atoms with van der Waals surface area (Å²) in [5.74, 6) is -0.0694. The first-order valence-corrected chi connectivity index (χ1v) is 5.89. The van der Waals surface area contributed by atoms with Crippen LogP contribution in [-0.4, -0.2) is 49.0 Å². The molecule has 102 valence electrons.